The van der Waals surface area contributed by atoms with Gasteiger partial charge in [0.15, 0.2) is 11.2 Å². The van der Waals surface area contributed by atoms with Crippen LogP contribution >= 0.6 is 0 Å². The van der Waals surface area contributed by atoms with Crippen LogP contribution in [0.15, 0.2) is 60.7 Å². The van der Waals surface area contributed by atoms with Crippen LogP contribution in [0, 0.1) is 5.92 Å². The summed E-state index contributed by atoms with van der Waals surface area (Å²) in [6.45, 7) is 3.29. The van der Waals surface area contributed by atoms with Gasteiger partial charge in [-0.25, -0.2) is 0 Å². The SMILES string of the molecule is COc1cc2c(c(OC)n1)[C@]1(O)[C@H](O)[C@H](CN3CC(C)(O)C3)[C@@H](c3ccccc3)[C@]1(c1ccc(C3CC3)cc1)O2. The third-order valence-corrected chi connectivity index (χ3v) is 9.39. The molecule has 3 N–H and O–H groups in total. The maximum Gasteiger partial charge on any atom is 0.226 e. The van der Waals surface area contributed by atoms with E-state index in [-0.39, 0.29) is 5.88 Å². The van der Waals surface area contributed by atoms with Crippen LogP contribution < -0.4 is 14.2 Å². The van der Waals surface area contributed by atoms with E-state index in [1.165, 1.54) is 32.6 Å². The third kappa shape index (κ3) is 3.56. The summed E-state index contributed by atoms with van der Waals surface area (Å²) in [6.07, 6.45) is 1.15. The molecule has 8 nitrogen and oxygen atoms in total. The zero-order valence-electron chi connectivity index (χ0n) is 23.1. The van der Waals surface area contributed by atoms with Gasteiger partial charge in [0, 0.05) is 37.5 Å². The van der Waals surface area contributed by atoms with E-state index in [9.17, 15) is 15.3 Å². The van der Waals surface area contributed by atoms with Gasteiger partial charge in [-0.15, -0.1) is 0 Å². The number of hydrogen-bond donors (Lipinski definition) is 3. The van der Waals surface area contributed by atoms with Crippen molar-refractivity contribution < 1.29 is 29.5 Å². The average molecular weight is 545 g/mol. The lowest BCUT2D eigenvalue weighted by Gasteiger charge is -2.46. The Hall–Kier alpha value is -3.17. The summed E-state index contributed by atoms with van der Waals surface area (Å²) in [7, 11) is 3.01. The zero-order valence-corrected chi connectivity index (χ0v) is 23.1. The second kappa shape index (κ2) is 8.91. The van der Waals surface area contributed by atoms with Crippen molar-refractivity contribution in [1.82, 2.24) is 9.88 Å². The summed E-state index contributed by atoms with van der Waals surface area (Å²) in [5.41, 5.74) is -0.690. The fourth-order valence-corrected chi connectivity index (χ4v) is 7.63. The van der Waals surface area contributed by atoms with E-state index < -0.39 is 34.7 Å². The Morgan fingerprint density at radius 1 is 0.975 bits per heavy atom. The number of ether oxygens (including phenoxy) is 3. The highest BCUT2D eigenvalue weighted by atomic mass is 16.5. The van der Waals surface area contributed by atoms with Crippen LogP contribution in [-0.4, -0.2) is 70.8 Å². The molecule has 1 aromatic heterocycles. The molecule has 0 amide bonds. The zero-order chi connectivity index (χ0) is 27.9. The van der Waals surface area contributed by atoms with E-state index in [4.69, 9.17) is 14.2 Å². The monoisotopic (exact) mass is 544 g/mol. The predicted molar refractivity (Wildman–Crippen MR) is 148 cm³/mol. The van der Waals surface area contributed by atoms with Crippen molar-refractivity contribution in [3.05, 3.63) is 82.9 Å². The Kier molecular flexibility index (Phi) is 5.74. The Morgan fingerprint density at radius 3 is 2.27 bits per heavy atom. The largest absolute Gasteiger partial charge is 0.481 e. The van der Waals surface area contributed by atoms with Gasteiger partial charge in [-0.05, 0) is 42.4 Å². The number of aromatic nitrogens is 1. The van der Waals surface area contributed by atoms with Crippen LogP contribution in [0.5, 0.6) is 17.5 Å². The van der Waals surface area contributed by atoms with Crippen molar-refractivity contribution in [2.45, 2.75) is 54.5 Å². The normalized spacial score (nSPS) is 32.1. The number of β-amino-alcohol motifs (C(OH)–C–C–N with tert-alkyl or cyclic N) is 1. The van der Waals surface area contributed by atoms with Gasteiger partial charge in [0.2, 0.25) is 11.8 Å². The van der Waals surface area contributed by atoms with Crippen molar-refractivity contribution in [3.63, 3.8) is 0 Å². The number of hydrogen-bond acceptors (Lipinski definition) is 8. The number of pyridine rings is 1. The molecule has 5 atom stereocenters. The van der Waals surface area contributed by atoms with Crippen LogP contribution in [0.4, 0.5) is 0 Å². The van der Waals surface area contributed by atoms with Crippen LogP contribution in [0.3, 0.4) is 0 Å². The number of benzene rings is 2. The molecule has 40 heavy (non-hydrogen) atoms. The number of aliphatic hydroxyl groups excluding tert-OH is 1. The maximum atomic E-state index is 13.0. The van der Waals surface area contributed by atoms with Crippen LogP contribution in [-0.2, 0) is 11.2 Å². The Morgan fingerprint density at radius 2 is 1.68 bits per heavy atom. The number of likely N-dealkylation sites (tertiary alicyclic amines) is 1. The van der Waals surface area contributed by atoms with Crippen molar-refractivity contribution in [2.75, 3.05) is 33.9 Å². The molecular formula is C32H36N2O6. The van der Waals surface area contributed by atoms with E-state index >= 15 is 0 Å². The molecule has 0 bridgehead atoms. The first-order valence-electron chi connectivity index (χ1n) is 14.0. The Bertz CT molecular complexity index is 1420. The summed E-state index contributed by atoms with van der Waals surface area (Å²) in [4.78, 5) is 6.61. The molecule has 210 valence electrons. The van der Waals surface area contributed by atoms with Gasteiger partial charge in [-0.1, -0.05) is 54.6 Å². The summed E-state index contributed by atoms with van der Waals surface area (Å²) >= 11 is 0. The van der Waals surface area contributed by atoms with Gasteiger partial charge >= 0.3 is 0 Å². The minimum Gasteiger partial charge on any atom is -0.481 e. The maximum absolute atomic E-state index is 13.0. The minimum absolute atomic E-state index is 0.159. The first-order valence-corrected chi connectivity index (χ1v) is 14.0. The summed E-state index contributed by atoms with van der Waals surface area (Å²) in [6, 6.07) is 20.0. The second-order valence-corrected chi connectivity index (χ2v) is 12.2. The topological polar surface area (TPSA) is 105 Å². The highest BCUT2D eigenvalue weighted by Gasteiger charge is 2.77. The van der Waals surface area contributed by atoms with E-state index in [0.717, 1.165) is 11.1 Å². The fourth-order valence-electron chi connectivity index (χ4n) is 7.63. The van der Waals surface area contributed by atoms with E-state index in [2.05, 4.69) is 22.0 Å². The molecule has 2 aliphatic heterocycles. The van der Waals surface area contributed by atoms with Crippen molar-refractivity contribution in [3.8, 4) is 17.5 Å². The first kappa shape index (κ1) is 25.8. The van der Waals surface area contributed by atoms with Gasteiger partial charge < -0.3 is 29.5 Å². The van der Waals surface area contributed by atoms with E-state index in [1.54, 1.807) is 6.07 Å². The van der Waals surface area contributed by atoms with Crippen LogP contribution in [0.25, 0.3) is 0 Å². The molecule has 0 radical (unpaired) electrons. The molecule has 2 aliphatic carbocycles. The molecule has 3 fully saturated rings. The highest BCUT2D eigenvalue weighted by Crippen LogP contribution is 2.70. The van der Waals surface area contributed by atoms with Gasteiger partial charge in [-0.2, -0.15) is 4.98 Å². The number of fused-ring (bicyclic) bond motifs is 3. The predicted octanol–water partition coefficient (Wildman–Crippen LogP) is 3.29. The quantitative estimate of drug-likeness (QED) is 0.416. The van der Waals surface area contributed by atoms with Crippen LogP contribution in [0.1, 0.15) is 53.9 Å². The number of rotatable bonds is 7. The number of nitrogens with zero attached hydrogens (tertiary/aromatic N) is 2. The molecule has 3 aromatic rings. The Balaban J connectivity index is 1.46. The summed E-state index contributed by atoms with van der Waals surface area (Å²) < 4.78 is 18.1. The lowest BCUT2D eigenvalue weighted by molar-refractivity contribution is -0.154. The van der Waals surface area contributed by atoms with Gasteiger partial charge in [-0.3, -0.25) is 4.90 Å². The third-order valence-electron chi connectivity index (χ3n) is 9.39. The standard InChI is InChI=1S/C32H36N2O6/c1-30(36)17-34(18-30)16-23-26(21-7-5-4-6-8-21)32(22-13-11-20(12-14-22)19-9-10-19)31(37,28(23)35)27-24(40-32)15-25(38-2)33-29(27)39-3/h4-8,11-15,19,23,26,28,35-37H,9-10,16-18H2,1-3H3/t23-,26-,28-,31+,32+/m1/s1. The number of aliphatic hydroxyl groups is 3. The lowest BCUT2D eigenvalue weighted by atomic mass is 9.70. The molecule has 0 spiro atoms. The van der Waals surface area contributed by atoms with E-state index in [1.807, 2.05) is 49.4 Å². The second-order valence-electron chi connectivity index (χ2n) is 12.2. The molecule has 1 saturated heterocycles. The molecular weight excluding hydrogens is 508 g/mol. The molecule has 0 unspecified atom stereocenters. The lowest BCUT2D eigenvalue weighted by Crippen LogP contribution is -2.61. The van der Waals surface area contributed by atoms with Crippen LogP contribution in [0.2, 0.25) is 0 Å². The molecule has 4 aliphatic rings. The van der Waals surface area contributed by atoms with Gasteiger partial charge in [0.1, 0.15) is 5.75 Å². The molecule has 2 saturated carbocycles. The van der Waals surface area contributed by atoms with Gasteiger partial charge in [0.05, 0.1) is 31.5 Å². The molecule has 2 aromatic carbocycles. The molecule has 3 heterocycles. The molecule has 8 heteroatoms. The molecule has 7 rings (SSSR count). The summed E-state index contributed by atoms with van der Waals surface area (Å²) in [5, 5.41) is 35.8. The first-order chi connectivity index (χ1) is 19.2. The fraction of sp³-hybridized carbons (Fsp3) is 0.469. The smallest absolute Gasteiger partial charge is 0.226 e. The minimum atomic E-state index is -1.88. The average Bonchev–Trinajstić information content (AvgIpc) is 3.73. The highest BCUT2D eigenvalue weighted by molar-refractivity contribution is 5.60. The Labute approximate surface area is 234 Å². The van der Waals surface area contributed by atoms with Gasteiger partial charge in [0.25, 0.3) is 0 Å². The summed E-state index contributed by atoms with van der Waals surface area (Å²) in [5.74, 6) is 0.547. The van der Waals surface area contributed by atoms with Crippen molar-refractivity contribution >= 4 is 0 Å². The van der Waals surface area contributed by atoms with Crippen molar-refractivity contribution in [1.29, 1.82) is 0 Å². The number of methoxy groups -OCH3 is 2. The van der Waals surface area contributed by atoms with E-state index in [0.29, 0.717) is 42.7 Å². The van der Waals surface area contributed by atoms with Crippen molar-refractivity contribution in [2.24, 2.45) is 5.92 Å².